The van der Waals surface area contributed by atoms with Crippen LogP contribution in [0.3, 0.4) is 0 Å². The first-order chi connectivity index (χ1) is 7.53. The summed E-state index contributed by atoms with van der Waals surface area (Å²) in [6, 6.07) is 4.47. The van der Waals surface area contributed by atoms with Gasteiger partial charge >= 0.3 is 5.97 Å². The van der Waals surface area contributed by atoms with Gasteiger partial charge in [0.15, 0.2) is 0 Å². The third-order valence-electron chi connectivity index (χ3n) is 2.74. The molecule has 1 heterocycles. The number of ether oxygens (including phenoxy) is 1. The lowest BCUT2D eigenvalue weighted by molar-refractivity contribution is -0.177. The number of hydrogen-bond acceptors (Lipinski definition) is 2. The molecule has 1 saturated heterocycles. The Bertz CT molecular complexity index is 429. The number of benzene rings is 1. The van der Waals surface area contributed by atoms with E-state index in [9.17, 15) is 9.18 Å². The molecule has 86 valence electrons. The Morgan fingerprint density at radius 1 is 1.62 bits per heavy atom. The van der Waals surface area contributed by atoms with Crippen molar-refractivity contribution in [2.45, 2.75) is 18.4 Å². The normalized spacial score (nSPS) is 23.9. The molecule has 1 aliphatic heterocycles. The fraction of sp³-hybridized carbons (Fsp3) is 0.364. The van der Waals surface area contributed by atoms with Gasteiger partial charge in [0.2, 0.25) is 0 Å². The van der Waals surface area contributed by atoms with Crippen LogP contribution >= 0.6 is 15.9 Å². The van der Waals surface area contributed by atoms with Gasteiger partial charge in [-0.1, -0.05) is 15.9 Å². The van der Waals surface area contributed by atoms with Crippen LogP contribution in [-0.2, 0) is 15.1 Å². The van der Waals surface area contributed by atoms with E-state index in [1.54, 1.807) is 12.1 Å². The molecule has 0 bridgehead atoms. The molecule has 5 heteroatoms. The van der Waals surface area contributed by atoms with Crippen LogP contribution in [0.1, 0.15) is 18.4 Å². The van der Waals surface area contributed by atoms with Crippen LogP contribution in [0.4, 0.5) is 4.39 Å². The molecule has 0 saturated carbocycles. The van der Waals surface area contributed by atoms with Gasteiger partial charge in [0.25, 0.3) is 0 Å². The highest BCUT2D eigenvalue weighted by Gasteiger charge is 2.44. The lowest BCUT2D eigenvalue weighted by atomic mass is 9.83. The molecule has 0 aromatic heterocycles. The van der Waals surface area contributed by atoms with Crippen molar-refractivity contribution in [3.05, 3.63) is 34.1 Å². The second kappa shape index (κ2) is 4.14. The quantitative estimate of drug-likeness (QED) is 0.930. The van der Waals surface area contributed by atoms with E-state index >= 15 is 0 Å². The van der Waals surface area contributed by atoms with E-state index in [-0.39, 0.29) is 6.42 Å². The zero-order valence-corrected chi connectivity index (χ0v) is 9.96. The SMILES string of the molecule is O=C(O)CC1(c2cc(Br)ccc2F)CCO1. The first-order valence-corrected chi connectivity index (χ1v) is 5.64. The fourth-order valence-corrected chi connectivity index (χ4v) is 2.25. The molecule has 16 heavy (non-hydrogen) atoms. The number of hydrogen-bond donors (Lipinski definition) is 1. The average molecular weight is 289 g/mol. The topological polar surface area (TPSA) is 46.5 Å². The van der Waals surface area contributed by atoms with E-state index in [0.29, 0.717) is 23.1 Å². The minimum absolute atomic E-state index is 0.208. The minimum Gasteiger partial charge on any atom is -0.481 e. The summed E-state index contributed by atoms with van der Waals surface area (Å²) in [5.74, 6) is -1.41. The van der Waals surface area contributed by atoms with Crippen molar-refractivity contribution in [2.75, 3.05) is 6.61 Å². The number of aliphatic carboxylic acids is 1. The predicted octanol–water partition coefficient (Wildman–Crippen LogP) is 2.68. The van der Waals surface area contributed by atoms with Crippen molar-refractivity contribution in [1.29, 1.82) is 0 Å². The van der Waals surface area contributed by atoms with Crippen molar-refractivity contribution in [3.8, 4) is 0 Å². The summed E-state index contributed by atoms with van der Waals surface area (Å²) in [6.45, 7) is 0.471. The third kappa shape index (κ3) is 1.97. The summed E-state index contributed by atoms with van der Waals surface area (Å²) in [5, 5.41) is 8.82. The molecule has 1 atom stereocenters. The highest BCUT2D eigenvalue weighted by atomic mass is 79.9. The second-order valence-electron chi connectivity index (χ2n) is 3.79. The number of carbonyl (C=O) groups is 1. The Kier molecular flexibility index (Phi) is 2.99. The molecule has 0 aliphatic carbocycles. The molecule has 1 unspecified atom stereocenters. The maximum atomic E-state index is 13.6. The molecule has 3 nitrogen and oxygen atoms in total. The van der Waals surface area contributed by atoms with Crippen molar-refractivity contribution in [2.24, 2.45) is 0 Å². The largest absolute Gasteiger partial charge is 0.481 e. The lowest BCUT2D eigenvalue weighted by Crippen LogP contribution is -2.43. The first-order valence-electron chi connectivity index (χ1n) is 4.85. The monoisotopic (exact) mass is 288 g/mol. The smallest absolute Gasteiger partial charge is 0.306 e. The van der Waals surface area contributed by atoms with Crippen LogP contribution in [0.15, 0.2) is 22.7 Å². The summed E-state index contributed by atoms with van der Waals surface area (Å²) in [5.41, 5.74) is -0.671. The molecule has 1 aliphatic rings. The Balaban J connectivity index is 2.39. The van der Waals surface area contributed by atoms with Gasteiger partial charge in [0.1, 0.15) is 11.4 Å². The maximum absolute atomic E-state index is 13.6. The molecule has 1 fully saturated rings. The Morgan fingerprint density at radius 2 is 2.31 bits per heavy atom. The predicted molar refractivity (Wildman–Crippen MR) is 58.6 cm³/mol. The summed E-state index contributed by atoms with van der Waals surface area (Å²) in [7, 11) is 0. The van der Waals surface area contributed by atoms with E-state index < -0.39 is 17.4 Å². The van der Waals surface area contributed by atoms with Gasteiger partial charge < -0.3 is 9.84 Å². The van der Waals surface area contributed by atoms with Crippen LogP contribution in [0, 0.1) is 5.82 Å². The van der Waals surface area contributed by atoms with Crippen LogP contribution in [0.25, 0.3) is 0 Å². The average Bonchev–Trinajstić information content (AvgIpc) is 2.15. The summed E-state index contributed by atoms with van der Waals surface area (Å²) < 4.78 is 19.7. The Labute approximate surface area is 100 Å². The van der Waals surface area contributed by atoms with Crippen LogP contribution in [0.2, 0.25) is 0 Å². The van der Waals surface area contributed by atoms with Gasteiger partial charge in [-0.2, -0.15) is 0 Å². The Hall–Kier alpha value is -0.940. The molecule has 0 radical (unpaired) electrons. The van der Waals surface area contributed by atoms with E-state index in [0.717, 1.165) is 0 Å². The van der Waals surface area contributed by atoms with E-state index in [2.05, 4.69) is 15.9 Å². The summed E-state index contributed by atoms with van der Waals surface area (Å²) in [6.07, 6.45) is 0.326. The summed E-state index contributed by atoms with van der Waals surface area (Å²) >= 11 is 3.24. The molecular weight excluding hydrogens is 279 g/mol. The summed E-state index contributed by atoms with van der Waals surface area (Å²) in [4.78, 5) is 10.8. The van der Waals surface area contributed by atoms with Crippen molar-refractivity contribution >= 4 is 21.9 Å². The highest BCUT2D eigenvalue weighted by Crippen LogP contribution is 2.42. The number of carboxylic acids is 1. The van der Waals surface area contributed by atoms with Gasteiger partial charge in [-0.25, -0.2) is 4.39 Å². The highest BCUT2D eigenvalue weighted by molar-refractivity contribution is 9.10. The molecule has 1 aromatic rings. The Morgan fingerprint density at radius 3 is 2.81 bits per heavy atom. The van der Waals surface area contributed by atoms with Crippen molar-refractivity contribution in [3.63, 3.8) is 0 Å². The van der Waals surface area contributed by atoms with Crippen LogP contribution < -0.4 is 0 Å². The van der Waals surface area contributed by atoms with Gasteiger partial charge in [0.05, 0.1) is 13.0 Å². The molecular formula is C11H10BrFO3. The van der Waals surface area contributed by atoms with E-state index in [1.807, 2.05) is 0 Å². The zero-order chi connectivity index (χ0) is 11.8. The molecule has 0 spiro atoms. The van der Waals surface area contributed by atoms with Crippen LogP contribution in [-0.4, -0.2) is 17.7 Å². The third-order valence-corrected chi connectivity index (χ3v) is 3.23. The second-order valence-corrected chi connectivity index (χ2v) is 4.70. The fourth-order valence-electron chi connectivity index (χ4n) is 1.89. The van der Waals surface area contributed by atoms with Gasteiger partial charge in [0, 0.05) is 16.5 Å². The van der Waals surface area contributed by atoms with Gasteiger partial charge in [-0.05, 0) is 18.2 Å². The van der Waals surface area contributed by atoms with Crippen molar-refractivity contribution < 1.29 is 19.0 Å². The van der Waals surface area contributed by atoms with Crippen LogP contribution in [0.5, 0.6) is 0 Å². The molecule has 0 amide bonds. The van der Waals surface area contributed by atoms with Crippen molar-refractivity contribution in [1.82, 2.24) is 0 Å². The first kappa shape index (κ1) is 11.5. The zero-order valence-electron chi connectivity index (χ0n) is 8.37. The molecule has 1 aromatic carbocycles. The van der Waals surface area contributed by atoms with Gasteiger partial charge in [-0.3, -0.25) is 4.79 Å². The lowest BCUT2D eigenvalue weighted by Gasteiger charge is -2.41. The maximum Gasteiger partial charge on any atom is 0.306 e. The number of rotatable bonds is 3. The number of carboxylic acid groups (broad SMARTS) is 1. The van der Waals surface area contributed by atoms with E-state index in [4.69, 9.17) is 9.84 Å². The van der Waals surface area contributed by atoms with E-state index in [1.165, 1.54) is 6.07 Å². The molecule has 1 N–H and O–H groups in total. The number of halogens is 2. The van der Waals surface area contributed by atoms with Gasteiger partial charge in [-0.15, -0.1) is 0 Å². The minimum atomic E-state index is -0.987. The molecule has 2 rings (SSSR count). The standard InChI is InChI=1S/C11H10BrFO3/c12-7-1-2-9(13)8(5-7)11(3-4-16-11)6-10(14)15/h1-2,5H,3-4,6H2,(H,14,15).